The van der Waals surface area contributed by atoms with Crippen molar-refractivity contribution in [2.24, 2.45) is 0 Å². The normalized spacial score (nSPS) is 10.1. The molecule has 2 aromatic rings. The van der Waals surface area contributed by atoms with Gasteiger partial charge in [0.05, 0.1) is 0 Å². The topological polar surface area (TPSA) is 48.1 Å². The van der Waals surface area contributed by atoms with Gasteiger partial charge >= 0.3 is 0 Å². The third-order valence-electron chi connectivity index (χ3n) is 2.11. The molecule has 2 N–H and O–H groups in total. The number of hydrogen-bond acceptors (Lipinski definition) is 3. The van der Waals surface area contributed by atoms with E-state index in [4.69, 9.17) is 10.5 Å². The van der Waals surface area contributed by atoms with Crippen molar-refractivity contribution in [2.75, 3.05) is 5.73 Å². The number of nitrogens with zero attached hydrogens (tertiary/aromatic N) is 1. The van der Waals surface area contributed by atoms with E-state index in [1.165, 1.54) is 12.1 Å². The number of ether oxygens (including phenoxy) is 1. The molecule has 0 atom stereocenters. The predicted molar refractivity (Wildman–Crippen MR) is 59.9 cm³/mol. The molecule has 3 nitrogen and oxygen atoms in total. The quantitative estimate of drug-likeness (QED) is 0.843. The van der Waals surface area contributed by atoms with Crippen molar-refractivity contribution >= 4 is 5.69 Å². The summed E-state index contributed by atoms with van der Waals surface area (Å²) in [5.74, 6) is 0.680. The van der Waals surface area contributed by atoms with Crippen molar-refractivity contribution in [2.45, 2.75) is 6.92 Å². The standard InChI is InChI=1S/C12H11FN2O/c1-8-6-9(13)2-3-11(8)16-12-7-10(14)4-5-15-12/h2-7H,1H3,(H2,14,15). The van der Waals surface area contributed by atoms with Crippen molar-refractivity contribution in [3.63, 3.8) is 0 Å². The fraction of sp³-hybridized carbons (Fsp3) is 0.0833. The van der Waals surface area contributed by atoms with Gasteiger partial charge in [0.15, 0.2) is 0 Å². The maximum absolute atomic E-state index is 12.9. The number of aromatic nitrogens is 1. The molecule has 1 heterocycles. The second-order valence-electron chi connectivity index (χ2n) is 3.44. The molecule has 1 aromatic heterocycles. The first kappa shape index (κ1) is 10.4. The lowest BCUT2D eigenvalue weighted by molar-refractivity contribution is 0.458. The van der Waals surface area contributed by atoms with Gasteiger partial charge in [0.1, 0.15) is 11.6 Å². The third kappa shape index (κ3) is 2.28. The number of hydrogen-bond donors (Lipinski definition) is 1. The Morgan fingerprint density at radius 1 is 1.25 bits per heavy atom. The van der Waals surface area contributed by atoms with Crippen LogP contribution in [0.4, 0.5) is 10.1 Å². The van der Waals surface area contributed by atoms with Gasteiger partial charge in [-0.1, -0.05) is 0 Å². The zero-order valence-electron chi connectivity index (χ0n) is 8.77. The highest BCUT2D eigenvalue weighted by atomic mass is 19.1. The van der Waals surface area contributed by atoms with Crippen LogP contribution >= 0.6 is 0 Å². The largest absolute Gasteiger partial charge is 0.439 e. The van der Waals surface area contributed by atoms with E-state index in [9.17, 15) is 4.39 Å². The van der Waals surface area contributed by atoms with Crippen molar-refractivity contribution < 1.29 is 9.13 Å². The van der Waals surface area contributed by atoms with Crippen LogP contribution in [0.1, 0.15) is 5.56 Å². The second kappa shape index (κ2) is 4.18. The molecule has 0 radical (unpaired) electrons. The molecule has 4 heteroatoms. The minimum Gasteiger partial charge on any atom is -0.439 e. The molecule has 82 valence electrons. The molecule has 0 aliphatic rings. The van der Waals surface area contributed by atoms with Gasteiger partial charge in [-0.3, -0.25) is 0 Å². The molecule has 1 aromatic carbocycles. The molecule has 0 saturated heterocycles. The van der Waals surface area contributed by atoms with Gasteiger partial charge in [-0.2, -0.15) is 0 Å². The second-order valence-corrected chi connectivity index (χ2v) is 3.44. The van der Waals surface area contributed by atoms with Crippen molar-refractivity contribution in [1.82, 2.24) is 4.98 Å². The molecule has 0 amide bonds. The van der Waals surface area contributed by atoms with Crippen LogP contribution < -0.4 is 10.5 Å². The van der Waals surface area contributed by atoms with Crippen LogP contribution in [0.25, 0.3) is 0 Å². The minimum absolute atomic E-state index is 0.287. The van der Waals surface area contributed by atoms with E-state index in [2.05, 4.69) is 4.98 Å². The molecule has 0 aliphatic heterocycles. The Bertz CT molecular complexity index is 514. The molecular weight excluding hydrogens is 207 g/mol. The first-order valence-corrected chi connectivity index (χ1v) is 4.81. The van der Waals surface area contributed by atoms with E-state index < -0.39 is 0 Å². The monoisotopic (exact) mass is 218 g/mol. The number of benzene rings is 1. The number of pyridine rings is 1. The Morgan fingerprint density at radius 3 is 2.75 bits per heavy atom. The Balaban J connectivity index is 2.27. The van der Waals surface area contributed by atoms with Gasteiger partial charge in [0.2, 0.25) is 5.88 Å². The maximum atomic E-state index is 12.9. The van der Waals surface area contributed by atoms with Crippen LogP contribution in [-0.2, 0) is 0 Å². The average Bonchev–Trinajstić information content (AvgIpc) is 2.22. The lowest BCUT2D eigenvalue weighted by Gasteiger charge is -2.07. The van der Waals surface area contributed by atoms with Crippen LogP contribution in [0.5, 0.6) is 11.6 Å². The van der Waals surface area contributed by atoms with Gasteiger partial charge in [0, 0.05) is 18.0 Å². The molecule has 0 spiro atoms. The summed E-state index contributed by atoms with van der Waals surface area (Å²) in [6.07, 6.45) is 1.56. The van der Waals surface area contributed by atoms with E-state index in [1.807, 2.05) is 0 Å². The summed E-state index contributed by atoms with van der Waals surface area (Å²) in [6, 6.07) is 7.60. The summed E-state index contributed by atoms with van der Waals surface area (Å²) in [7, 11) is 0. The lowest BCUT2D eigenvalue weighted by atomic mass is 10.2. The molecule has 0 bridgehead atoms. The molecule has 2 rings (SSSR count). The van der Waals surface area contributed by atoms with Crippen molar-refractivity contribution in [1.29, 1.82) is 0 Å². The van der Waals surface area contributed by atoms with Crippen LogP contribution in [0, 0.1) is 12.7 Å². The molecule has 0 fully saturated rings. The molecule has 0 aliphatic carbocycles. The third-order valence-corrected chi connectivity index (χ3v) is 2.11. The Kier molecular flexibility index (Phi) is 2.72. The molecule has 16 heavy (non-hydrogen) atoms. The lowest BCUT2D eigenvalue weighted by Crippen LogP contribution is -1.92. The average molecular weight is 218 g/mol. The fourth-order valence-electron chi connectivity index (χ4n) is 1.32. The van der Waals surface area contributed by atoms with Crippen LogP contribution in [-0.4, -0.2) is 4.98 Å². The minimum atomic E-state index is -0.287. The molecule has 0 saturated carbocycles. The maximum Gasteiger partial charge on any atom is 0.221 e. The van der Waals surface area contributed by atoms with Gasteiger partial charge in [-0.05, 0) is 36.8 Å². The predicted octanol–water partition coefficient (Wildman–Crippen LogP) is 2.90. The summed E-state index contributed by atoms with van der Waals surface area (Å²) in [4.78, 5) is 4.00. The number of rotatable bonds is 2. The zero-order chi connectivity index (χ0) is 11.5. The SMILES string of the molecule is Cc1cc(F)ccc1Oc1cc(N)ccn1. The highest BCUT2D eigenvalue weighted by Gasteiger charge is 2.03. The van der Waals surface area contributed by atoms with Gasteiger partial charge < -0.3 is 10.5 Å². The summed E-state index contributed by atoms with van der Waals surface area (Å²) in [5, 5.41) is 0. The van der Waals surface area contributed by atoms with Crippen molar-refractivity contribution in [3.05, 3.63) is 47.9 Å². The number of aryl methyl sites for hydroxylation is 1. The van der Waals surface area contributed by atoms with Gasteiger partial charge in [-0.25, -0.2) is 9.37 Å². The first-order valence-electron chi connectivity index (χ1n) is 4.81. The summed E-state index contributed by atoms with van der Waals surface area (Å²) < 4.78 is 18.3. The molecular formula is C12H11FN2O. The highest BCUT2D eigenvalue weighted by Crippen LogP contribution is 2.24. The fourth-order valence-corrected chi connectivity index (χ4v) is 1.32. The van der Waals surface area contributed by atoms with E-state index in [0.717, 1.165) is 0 Å². The summed E-state index contributed by atoms with van der Waals surface area (Å²) in [5.41, 5.74) is 6.88. The Morgan fingerprint density at radius 2 is 2.06 bits per heavy atom. The summed E-state index contributed by atoms with van der Waals surface area (Å²) >= 11 is 0. The van der Waals surface area contributed by atoms with Crippen LogP contribution in [0.15, 0.2) is 36.5 Å². The molecule has 0 unspecified atom stereocenters. The smallest absolute Gasteiger partial charge is 0.221 e. The van der Waals surface area contributed by atoms with Crippen LogP contribution in [0.3, 0.4) is 0 Å². The Labute approximate surface area is 92.7 Å². The van der Waals surface area contributed by atoms with Gasteiger partial charge in [-0.15, -0.1) is 0 Å². The number of anilines is 1. The van der Waals surface area contributed by atoms with Crippen LogP contribution in [0.2, 0.25) is 0 Å². The number of nitrogen functional groups attached to an aromatic ring is 1. The van der Waals surface area contributed by atoms with Gasteiger partial charge in [0.25, 0.3) is 0 Å². The van der Waals surface area contributed by atoms with E-state index in [0.29, 0.717) is 22.9 Å². The zero-order valence-corrected chi connectivity index (χ0v) is 8.77. The first-order chi connectivity index (χ1) is 7.65. The van der Waals surface area contributed by atoms with E-state index >= 15 is 0 Å². The number of nitrogens with two attached hydrogens (primary N) is 1. The Hall–Kier alpha value is -2.10. The van der Waals surface area contributed by atoms with E-state index in [-0.39, 0.29) is 5.82 Å². The van der Waals surface area contributed by atoms with Crippen molar-refractivity contribution in [3.8, 4) is 11.6 Å². The van der Waals surface area contributed by atoms with E-state index in [1.54, 1.807) is 31.3 Å². The highest BCUT2D eigenvalue weighted by molar-refractivity contribution is 5.42. The number of halogens is 1. The summed E-state index contributed by atoms with van der Waals surface area (Å²) in [6.45, 7) is 1.77.